The standard InChI is InChI=1S/C16H25NO2.2C2H6/c17-10-9-16(18)14-7-4-8-15(11-14)19-12-13-5-2-1-3-6-13;2*1-2/h4,7-8,11,13,16,18H,1-3,5-6,9-10,12,17H2;2*1-2H3. The minimum atomic E-state index is -0.483. The van der Waals surface area contributed by atoms with Gasteiger partial charge in [-0.2, -0.15) is 0 Å². The summed E-state index contributed by atoms with van der Waals surface area (Å²) in [4.78, 5) is 0. The third-order valence-electron chi connectivity index (χ3n) is 3.89. The molecule has 0 heterocycles. The van der Waals surface area contributed by atoms with E-state index in [1.807, 2.05) is 52.0 Å². The van der Waals surface area contributed by atoms with Gasteiger partial charge >= 0.3 is 0 Å². The molecule has 0 radical (unpaired) electrons. The molecule has 1 aliphatic rings. The highest BCUT2D eigenvalue weighted by atomic mass is 16.5. The first-order valence-electron chi connectivity index (χ1n) is 9.40. The molecular formula is C20H37NO2. The van der Waals surface area contributed by atoms with Crippen LogP contribution in [0.15, 0.2) is 24.3 Å². The van der Waals surface area contributed by atoms with Crippen molar-refractivity contribution >= 4 is 0 Å². The molecule has 3 nitrogen and oxygen atoms in total. The molecule has 0 saturated heterocycles. The van der Waals surface area contributed by atoms with Crippen molar-refractivity contribution in [2.24, 2.45) is 11.7 Å². The summed E-state index contributed by atoms with van der Waals surface area (Å²) in [5, 5.41) is 9.93. The summed E-state index contributed by atoms with van der Waals surface area (Å²) in [6.07, 6.45) is 6.73. The quantitative estimate of drug-likeness (QED) is 0.767. The Kier molecular flexibility index (Phi) is 13.9. The number of nitrogens with two attached hydrogens (primary N) is 1. The predicted octanol–water partition coefficient (Wildman–Crippen LogP) is 5.08. The third-order valence-corrected chi connectivity index (χ3v) is 3.89. The average Bonchev–Trinajstić information content (AvgIpc) is 2.65. The molecule has 1 aliphatic carbocycles. The number of benzene rings is 1. The van der Waals surface area contributed by atoms with Crippen molar-refractivity contribution in [3.8, 4) is 5.75 Å². The summed E-state index contributed by atoms with van der Waals surface area (Å²) in [5.74, 6) is 1.56. The normalized spacial score (nSPS) is 15.6. The molecule has 3 heteroatoms. The van der Waals surface area contributed by atoms with E-state index in [-0.39, 0.29) is 0 Å². The van der Waals surface area contributed by atoms with Crippen molar-refractivity contribution in [3.63, 3.8) is 0 Å². The number of hydrogen-bond donors (Lipinski definition) is 2. The van der Waals surface area contributed by atoms with Gasteiger partial charge in [0, 0.05) is 0 Å². The van der Waals surface area contributed by atoms with Crippen molar-refractivity contribution in [3.05, 3.63) is 29.8 Å². The fraction of sp³-hybridized carbons (Fsp3) is 0.700. The summed E-state index contributed by atoms with van der Waals surface area (Å²) >= 11 is 0. The second-order valence-corrected chi connectivity index (χ2v) is 5.48. The SMILES string of the molecule is CC.CC.NCCC(O)c1cccc(OCC2CCCCC2)c1. The van der Waals surface area contributed by atoms with Gasteiger partial charge in [0.25, 0.3) is 0 Å². The number of ether oxygens (including phenoxy) is 1. The van der Waals surface area contributed by atoms with Gasteiger partial charge in [-0.3, -0.25) is 0 Å². The molecule has 1 aromatic rings. The van der Waals surface area contributed by atoms with Crippen LogP contribution in [0.2, 0.25) is 0 Å². The highest BCUT2D eigenvalue weighted by Crippen LogP contribution is 2.26. The van der Waals surface area contributed by atoms with Gasteiger partial charge in [0.05, 0.1) is 12.7 Å². The Morgan fingerprint density at radius 2 is 1.78 bits per heavy atom. The first kappa shape index (κ1) is 21.9. The zero-order chi connectivity index (χ0) is 17.5. The van der Waals surface area contributed by atoms with Crippen LogP contribution in [0.4, 0.5) is 0 Å². The van der Waals surface area contributed by atoms with E-state index in [2.05, 4.69) is 0 Å². The molecule has 0 amide bonds. The summed E-state index contributed by atoms with van der Waals surface area (Å²) < 4.78 is 5.87. The van der Waals surface area contributed by atoms with E-state index in [1.165, 1.54) is 32.1 Å². The van der Waals surface area contributed by atoms with Gasteiger partial charge in [-0.25, -0.2) is 0 Å². The topological polar surface area (TPSA) is 55.5 Å². The minimum absolute atomic E-state index is 0.483. The van der Waals surface area contributed by atoms with Gasteiger partial charge in [-0.15, -0.1) is 0 Å². The first-order chi connectivity index (χ1) is 11.3. The molecule has 1 fully saturated rings. The third kappa shape index (κ3) is 8.97. The Bertz CT molecular complexity index is 376. The van der Waals surface area contributed by atoms with Gasteiger partial charge in [0.15, 0.2) is 0 Å². The monoisotopic (exact) mass is 323 g/mol. The molecular weight excluding hydrogens is 286 g/mol. The van der Waals surface area contributed by atoms with E-state index >= 15 is 0 Å². The molecule has 1 unspecified atom stereocenters. The molecule has 2 rings (SSSR count). The largest absolute Gasteiger partial charge is 0.493 e. The molecule has 0 spiro atoms. The zero-order valence-corrected chi connectivity index (χ0v) is 15.6. The van der Waals surface area contributed by atoms with Crippen LogP contribution in [0.1, 0.15) is 77.9 Å². The Labute approximate surface area is 143 Å². The summed E-state index contributed by atoms with van der Waals surface area (Å²) in [7, 11) is 0. The van der Waals surface area contributed by atoms with Crippen LogP contribution in [0.25, 0.3) is 0 Å². The first-order valence-corrected chi connectivity index (χ1v) is 9.40. The summed E-state index contributed by atoms with van der Waals surface area (Å²) in [6, 6.07) is 7.75. The second-order valence-electron chi connectivity index (χ2n) is 5.48. The van der Waals surface area contributed by atoms with E-state index in [9.17, 15) is 5.11 Å². The summed E-state index contributed by atoms with van der Waals surface area (Å²) in [5.41, 5.74) is 6.36. The molecule has 23 heavy (non-hydrogen) atoms. The molecule has 134 valence electrons. The number of aliphatic hydroxyl groups is 1. The lowest BCUT2D eigenvalue weighted by Gasteiger charge is -2.22. The van der Waals surface area contributed by atoms with Crippen molar-refractivity contribution < 1.29 is 9.84 Å². The maximum absolute atomic E-state index is 9.93. The lowest BCUT2D eigenvalue weighted by molar-refractivity contribution is 0.169. The lowest BCUT2D eigenvalue weighted by Crippen LogP contribution is -2.15. The van der Waals surface area contributed by atoms with Crippen LogP contribution in [0.5, 0.6) is 5.75 Å². The Hall–Kier alpha value is -1.06. The van der Waals surface area contributed by atoms with Gasteiger partial charge in [-0.05, 0) is 49.4 Å². The average molecular weight is 324 g/mol. The van der Waals surface area contributed by atoms with Crippen molar-refractivity contribution in [1.29, 1.82) is 0 Å². The van der Waals surface area contributed by atoms with Crippen molar-refractivity contribution in [2.45, 2.75) is 72.3 Å². The summed E-state index contributed by atoms with van der Waals surface area (Å²) in [6.45, 7) is 9.30. The molecule has 0 bridgehead atoms. The maximum atomic E-state index is 9.93. The molecule has 0 aromatic heterocycles. The molecule has 3 N–H and O–H groups in total. The highest BCUT2D eigenvalue weighted by Gasteiger charge is 2.14. The zero-order valence-electron chi connectivity index (χ0n) is 15.6. The van der Waals surface area contributed by atoms with Crippen LogP contribution in [0, 0.1) is 5.92 Å². The fourth-order valence-electron chi connectivity index (χ4n) is 2.70. The van der Waals surface area contributed by atoms with Gasteiger partial charge in [0.1, 0.15) is 5.75 Å². The van der Waals surface area contributed by atoms with Crippen molar-refractivity contribution in [1.82, 2.24) is 0 Å². The van der Waals surface area contributed by atoms with Gasteiger partial charge in [-0.1, -0.05) is 59.1 Å². The molecule has 1 atom stereocenters. The molecule has 1 saturated carbocycles. The Balaban J connectivity index is 0.00000112. The Morgan fingerprint density at radius 3 is 2.39 bits per heavy atom. The van der Waals surface area contributed by atoms with Gasteiger partial charge < -0.3 is 15.6 Å². The molecule has 0 aliphatic heterocycles. The van der Waals surface area contributed by atoms with Crippen LogP contribution in [0.3, 0.4) is 0 Å². The highest BCUT2D eigenvalue weighted by molar-refractivity contribution is 5.29. The van der Waals surface area contributed by atoms with Crippen LogP contribution < -0.4 is 10.5 Å². The minimum Gasteiger partial charge on any atom is -0.493 e. The second kappa shape index (κ2) is 14.5. The van der Waals surface area contributed by atoms with E-state index in [4.69, 9.17) is 10.5 Å². The Morgan fingerprint density at radius 1 is 1.13 bits per heavy atom. The van der Waals surface area contributed by atoms with Gasteiger partial charge in [0.2, 0.25) is 0 Å². The maximum Gasteiger partial charge on any atom is 0.119 e. The lowest BCUT2D eigenvalue weighted by atomic mass is 9.90. The fourth-order valence-corrected chi connectivity index (χ4v) is 2.70. The van der Waals surface area contributed by atoms with Crippen LogP contribution in [-0.4, -0.2) is 18.3 Å². The van der Waals surface area contributed by atoms with Crippen molar-refractivity contribution in [2.75, 3.05) is 13.2 Å². The predicted molar refractivity (Wildman–Crippen MR) is 99.8 cm³/mol. The van der Waals surface area contributed by atoms with Crippen LogP contribution in [-0.2, 0) is 0 Å². The molecule has 1 aromatic carbocycles. The van der Waals surface area contributed by atoms with E-state index in [0.717, 1.165) is 17.9 Å². The number of aliphatic hydroxyl groups excluding tert-OH is 1. The smallest absolute Gasteiger partial charge is 0.119 e. The van der Waals surface area contributed by atoms with E-state index < -0.39 is 6.10 Å². The van der Waals surface area contributed by atoms with Crippen LogP contribution >= 0.6 is 0 Å². The number of hydrogen-bond acceptors (Lipinski definition) is 3. The number of rotatable bonds is 6. The van der Waals surface area contributed by atoms with E-state index in [1.54, 1.807) is 0 Å². The van der Waals surface area contributed by atoms with E-state index in [0.29, 0.717) is 18.9 Å².